The van der Waals surface area contributed by atoms with E-state index >= 15 is 0 Å². The Morgan fingerprint density at radius 3 is 2.66 bits per heavy atom. The van der Waals surface area contributed by atoms with E-state index in [1.165, 1.54) is 0 Å². The number of aryl methyl sites for hydroxylation is 2. The van der Waals surface area contributed by atoms with Gasteiger partial charge in [-0.2, -0.15) is 0 Å². The molecular weight excluding hydrogens is 432 g/mol. The Hall–Kier alpha value is -3.58. The van der Waals surface area contributed by atoms with Gasteiger partial charge in [-0.3, -0.25) is 0 Å². The van der Waals surface area contributed by atoms with E-state index in [1.807, 2.05) is 32.0 Å². The van der Waals surface area contributed by atoms with Crippen LogP contribution in [0.3, 0.4) is 0 Å². The number of halogens is 1. The van der Waals surface area contributed by atoms with E-state index in [9.17, 15) is 4.79 Å². The lowest BCUT2D eigenvalue weighted by Gasteiger charge is -2.12. The third-order valence-electron chi connectivity index (χ3n) is 5.07. The Balaban J connectivity index is 1.48. The number of aromatic nitrogens is 2. The highest BCUT2D eigenvalue weighted by Gasteiger charge is 2.17. The SMILES string of the molecule is COc1ccc2cc(COC(=O)c3ccccc3OCc3c(C)noc3C)c(Cl)nc2c1. The molecule has 2 heterocycles. The highest BCUT2D eigenvalue weighted by Crippen LogP contribution is 2.26. The summed E-state index contributed by atoms with van der Waals surface area (Å²) in [5.74, 6) is 1.25. The van der Waals surface area contributed by atoms with E-state index < -0.39 is 5.97 Å². The van der Waals surface area contributed by atoms with Gasteiger partial charge in [0.05, 0.1) is 23.9 Å². The minimum atomic E-state index is -0.523. The van der Waals surface area contributed by atoms with E-state index in [2.05, 4.69) is 10.1 Å². The average Bonchev–Trinajstić information content (AvgIpc) is 3.12. The molecule has 0 aliphatic carbocycles. The van der Waals surface area contributed by atoms with Crippen LogP contribution in [-0.4, -0.2) is 23.2 Å². The first-order chi connectivity index (χ1) is 15.5. The van der Waals surface area contributed by atoms with Crippen molar-refractivity contribution >= 4 is 28.5 Å². The Labute approximate surface area is 189 Å². The number of carbonyl (C=O) groups is 1. The molecule has 0 unspecified atom stereocenters. The molecule has 0 spiro atoms. The minimum Gasteiger partial charge on any atom is -0.497 e. The van der Waals surface area contributed by atoms with Crippen molar-refractivity contribution in [3.05, 3.63) is 81.8 Å². The van der Waals surface area contributed by atoms with Crippen LogP contribution < -0.4 is 9.47 Å². The number of pyridine rings is 1. The van der Waals surface area contributed by atoms with Gasteiger partial charge < -0.3 is 18.7 Å². The normalized spacial score (nSPS) is 10.9. The number of rotatable bonds is 7. The summed E-state index contributed by atoms with van der Waals surface area (Å²) in [7, 11) is 1.59. The van der Waals surface area contributed by atoms with Crippen molar-refractivity contribution in [2.24, 2.45) is 0 Å². The fourth-order valence-corrected chi connectivity index (χ4v) is 3.44. The molecule has 0 fully saturated rings. The Kier molecular flexibility index (Phi) is 6.28. The van der Waals surface area contributed by atoms with Crippen molar-refractivity contribution in [1.82, 2.24) is 10.1 Å². The molecule has 8 heteroatoms. The number of fused-ring (bicyclic) bond motifs is 1. The van der Waals surface area contributed by atoms with Crippen LogP contribution in [0.4, 0.5) is 0 Å². The highest BCUT2D eigenvalue weighted by atomic mass is 35.5. The second-order valence-electron chi connectivity index (χ2n) is 7.16. The van der Waals surface area contributed by atoms with Gasteiger partial charge in [0.1, 0.15) is 41.2 Å². The number of methoxy groups -OCH3 is 1. The monoisotopic (exact) mass is 452 g/mol. The van der Waals surface area contributed by atoms with E-state index in [4.69, 9.17) is 30.3 Å². The lowest BCUT2D eigenvalue weighted by molar-refractivity contribution is 0.0467. The predicted molar refractivity (Wildman–Crippen MR) is 119 cm³/mol. The standard InChI is InChI=1S/C24H21ClN2O5/c1-14-20(15(2)32-27-14)13-30-22-7-5-4-6-19(22)24(28)31-12-17-10-16-8-9-18(29-3)11-21(16)26-23(17)25/h4-11H,12-13H2,1-3H3. The molecule has 0 radical (unpaired) electrons. The largest absolute Gasteiger partial charge is 0.497 e. The fourth-order valence-electron chi connectivity index (χ4n) is 3.24. The van der Waals surface area contributed by atoms with Crippen molar-refractivity contribution in [3.8, 4) is 11.5 Å². The number of ether oxygens (including phenoxy) is 3. The van der Waals surface area contributed by atoms with Gasteiger partial charge in [-0.1, -0.05) is 28.9 Å². The molecule has 7 nitrogen and oxygen atoms in total. The van der Waals surface area contributed by atoms with E-state index in [0.717, 1.165) is 16.6 Å². The molecule has 2 aromatic heterocycles. The first-order valence-corrected chi connectivity index (χ1v) is 10.3. The van der Waals surface area contributed by atoms with Crippen LogP contribution in [0.2, 0.25) is 5.15 Å². The summed E-state index contributed by atoms with van der Waals surface area (Å²) in [5, 5.41) is 5.05. The molecule has 2 aromatic carbocycles. The van der Waals surface area contributed by atoms with Crippen molar-refractivity contribution < 1.29 is 23.5 Å². The number of nitrogens with zero attached hydrogens (tertiary/aromatic N) is 2. The molecule has 0 N–H and O–H groups in total. The molecule has 4 rings (SSSR count). The van der Waals surface area contributed by atoms with E-state index in [1.54, 1.807) is 37.4 Å². The number of para-hydroxylation sites is 1. The van der Waals surface area contributed by atoms with Crippen LogP contribution in [0.25, 0.3) is 10.9 Å². The predicted octanol–water partition coefficient (Wildman–Crippen LogP) is 5.44. The van der Waals surface area contributed by atoms with Crippen molar-refractivity contribution in [2.45, 2.75) is 27.1 Å². The van der Waals surface area contributed by atoms with Gasteiger partial charge in [0.2, 0.25) is 0 Å². The first kappa shape index (κ1) is 21.6. The topological polar surface area (TPSA) is 83.7 Å². The zero-order valence-corrected chi connectivity index (χ0v) is 18.6. The maximum atomic E-state index is 12.8. The second-order valence-corrected chi connectivity index (χ2v) is 7.52. The van der Waals surface area contributed by atoms with Crippen molar-refractivity contribution in [2.75, 3.05) is 7.11 Å². The van der Waals surface area contributed by atoms with Gasteiger partial charge in [0, 0.05) is 17.0 Å². The fraction of sp³-hybridized carbons (Fsp3) is 0.208. The zero-order valence-electron chi connectivity index (χ0n) is 17.8. The highest BCUT2D eigenvalue weighted by molar-refractivity contribution is 6.30. The van der Waals surface area contributed by atoms with E-state index in [0.29, 0.717) is 33.9 Å². The molecule has 4 aromatic rings. The number of carbonyl (C=O) groups excluding carboxylic acids is 1. The third kappa shape index (κ3) is 4.53. The summed E-state index contributed by atoms with van der Waals surface area (Å²) in [6.45, 7) is 3.86. The third-order valence-corrected chi connectivity index (χ3v) is 5.40. The zero-order chi connectivity index (χ0) is 22.7. The minimum absolute atomic E-state index is 0.0230. The van der Waals surface area contributed by atoms with Crippen LogP contribution in [0.5, 0.6) is 11.5 Å². The van der Waals surface area contributed by atoms with Gasteiger partial charge in [-0.05, 0) is 44.2 Å². The summed E-state index contributed by atoms with van der Waals surface area (Å²) >= 11 is 6.31. The maximum absolute atomic E-state index is 12.8. The Morgan fingerprint density at radius 2 is 1.91 bits per heavy atom. The Bertz CT molecular complexity index is 1270. The van der Waals surface area contributed by atoms with Crippen LogP contribution in [-0.2, 0) is 18.0 Å². The Morgan fingerprint density at radius 1 is 1.09 bits per heavy atom. The first-order valence-electron chi connectivity index (χ1n) is 9.90. The summed E-state index contributed by atoms with van der Waals surface area (Å²) < 4.78 is 21.8. The molecule has 0 bridgehead atoms. The van der Waals surface area contributed by atoms with E-state index in [-0.39, 0.29) is 18.4 Å². The van der Waals surface area contributed by atoms with Crippen molar-refractivity contribution in [1.29, 1.82) is 0 Å². The van der Waals surface area contributed by atoms with Gasteiger partial charge in [-0.25, -0.2) is 9.78 Å². The summed E-state index contributed by atoms with van der Waals surface area (Å²) in [6.07, 6.45) is 0. The molecule has 0 saturated heterocycles. The van der Waals surface area contributed by atoms with Crippen LogP contribution >= 0.6 is 11.6 Å². The molecule has 164 valence electrons. The van der Waals surface area contributed by atoms with Gasteiger partial charge in [-0.15, -0.1) is 0 Å². The maximum Gasteiger partial charge on any atom is 0.342 e. The molecule has 0 amide bonds. The summed E-state index contributed by atoms with van der Waals surface area (Å²) in [6, 6.07) is 14.3. The molecular formula is C24H21ClN2O5. The van der Waals surface area contributed by atoms with Gasteiger partial charge in [0.15, 0.2) is 0 Å². The molecule has 0 atom stereocenters. The number of benzene rings is 2. The lowest BCUT2D eigenvalue weighted by atomic mass is 10.1. The van der Waals surface area contributed by atoms with Crippen LogP contribution in [0, 0.1) is 13.8 Å². The van der Waals surface area contributed by atoms with Gasteiger partial charge >= 0.3 is 5.97 Å². The smallest absolute Gasteiger partial charge is 0.342 e. The van der Waals surface area contributed by atoms with Gasteiger partial charge in [0.25, 0.3) is 0 Å². The molecule has 0 aliphatic rings. The molecule has 32 heavy (non-hydrogen) atoms. The average molecular weight is 453 g/mol. The lowest BCUT2D eigenvalue weighted by Crippen LogP contribution is -2.09. The summed E-state index contributed by atoms with van der Waals surface area (Å²) in [5.41, 5.74) is 3.21. The van der Waals surface area contributed by atoms with Crippen LogP contribution in [0.1, 0.15) is 32.9 Å². The second kappa shape index (κ2) is 9.28. The molecule has 0 aliphatic heterocycles. The number of esters is 1. The van der Waals surface area contributed by atoms with Crippen LogP contribution in [0.15, 0.2) is 53.1 Å². The quantitative estimate of drug-likeness (QED) is 0.273. The summed E-state index contributed by atoms with van der Waals surface area (Å²) in [4.78, 5) is 17.2. The number of hydrogen-bond donors (Lipinski definition) is 0. The van der Waals surface area contributed by atoms with Crippen molar-refractivity contribution in [3.63, 3.8) is 0 Å². The number of hydrogen-bond acceptors (Lipinski definition) is 7. The molecule has 0 saturated carbocycles.